The van der Waals surface area contributed by atoms with Crippen LogP contribution in [-0.4, -0.2) is 17.0 Å². The maximum absolute atomic E-state index is 12.2. The molecular weight excluding hydrogens is 262 g/mol. The molecule has 1 heterocycles. The first-order valence-corrected chi connectivity index (χ1v) is 7.08. The maximum atomic E-state index is 12.2. The van der Waals surface area contributed by atoms with Crippen LogP contribution < -0.4 is 11.1 Å². The third-order valence-electron chi connectivity index (χ3n) is 3.68. The molecule has 1 amide bonds. The minimum Gasteiger partial charge on any atom is -0.409 e. The number of carbonyl (C=O) groups excluding carboxylic acids is 1. The van der Waals surface area contributed by atoms with Crippen LogP contribution in [0, 0.1) is 19.3 Å². The van der Waals surface area contributed by atoms with Crippen LogP contribution >= 0.6 is 11.3 Å². The summed E-state index contributed by atoms with van der Waals surface area (Å²) in [5.41, 5.74) is 5.94. The van der Waals surface area contributed by atoms with E-state index in [4.69, 9.17) is 10.9 Å². The summed E-state index contributed by atoms with van der Waals surface area (Å²) in [4.78, 5) is 14.7. The number of carbonyl (C=O) groups is 1. The summed E-state index contributed by atoms with van der Waals surface area (Å²) < 4.78 is 0. The Hall–Kier alpha value is -1.56. The SMILES string of the molecule is Cc1cc(C(C)NC(=O)C2(/C(N)=N/O)CC2)c(C)s1. The van der Waals surface area contributed by atoms with Gasteiger partial charge in [0.2, 0.25) is 5.91 Å². The quantitative estimate of drug-likeness (QED) is 0.342. The number of amidine groups is 1. The van der Waals surface area contributed by atoms with Gasteiger partial charge in [-0.25, -0.2) is 0 Å². The monoisotopic (exact) mass is 281 g/mol. The Labute approximate surface area is 116 Å². The zero-order chi connectivity index (χ0) is 14.2. The number of nitrogens with one attached hydrogen (secondary N) is 1. The van der Waals surface area contributed by atoms with Crippen LogP contribution in [0.2, 0.25) is 0 Å². The first-order valence-electron chi connectivity index (χ1n) is 6.26. The Morgan fingerprint density at radius 1 is 1.58 bits per heavy atom. The van der Waals surface area contributed by atoms with Gasteiger partial charge in [-0.2, -0.15) is 0 Å². The second kappa shape index (κ2) is 4.85. The van der Waals surface area contributed by atoms with Gasteiger partial charge in [-0.15, -0.1) is 11.3 Å². The van der Waals surface area contributed by atoms with Crippen molar-refractivity contribution in [1.29, 1.82) is 0 Å². The lowest BCUT2D eigenvalue weighted by atomic mass is 10.0. The van der Waals surface area contributed by atoms with Crippen LogP contribution in [0.3, 0.4) is 0 Å². The number of oxime groups is 1. The van der Waals surface area contributed by atoms with Crippen molar-refractivity contribution >= 4 is 23.1 Å². The van der Waals surface area contributed by atoms with Crippen molar-refractivity contribution in [1.82, 2.24) is 5.32 Å². The Morgan fingerprint density at radius 3 is 2.63 bits per heavy atom. The summed E-state index contributed by atoms with van der Waals surface area (Å²) in [6.07, 6.45) is 1.28. The van der Waals surface area contributed by atoms with Gasteiger partial charge in [-0.05, 0) is 45.2 Å². The maximum Gasteiger partial charge on any atom is 0.234 e. The van der Waals surface area contributed by atoms with Gasteiger partial charge in [0.05, 0.1) is 6.04 Å². The van der Waals surface area contributed by atoms with Crippen molar-refractivity contribution in [2.45, 2.75) is 39.7 Å². The van der Waals surface area contributed by atoms with Crippen molar-refractivity contribution in [3.8, 4) is 0 Å². The molecule has 6 heteroatoms. The summed E-state index contributed by atoms with van der Waals surface area (Å²) in [6, 6.07) is 2.02. The standard InChI is InChI=1S/C13H19N3O2S/c1-7-6-10(9(3)19-7)8(2)15-12(17)13(4-5-13)11(14)16-18/h6,8,18H,4-5H2,1-3H3,(H2,14,16)(H,15,17). The average molecular weight is 281 g/mol. The minimum atomic E-state index is -0.790. The van der Waals surface area contributed by atoms with Crippen LogP contribution in [-0.2, 0) is 4.79 Å². The number of amides is 1. The fourth-order valence-corrected chi connectivity index (χ4v) is 3.34. The van der Waals surface area contributed by atoms with Gasteiger partial charge in [-0.3, -0.25) is 4.79 Å². The number of aryl methyl sites for hydroxylation is 2. The molecule has 0 aromatic carbocycles. The lowest BCUT2D eigenvalue weighted by Crippen LogP contribution is -2.41. The molecule has 0 bridgehead atoms. The third-order valence-corrected chi connectivity index (χ3v) is 4.66. The Kier molecular flexibility index (Phi) is 3.54. The van der Waals surface area contributed by atoms with Gasteiger partial charge >= 0.3 is 0 Å². The molecule has 0 spiro atoms. The van der Waals surface area contributed by atoms with Crippen LogP contribution in [0.25, 0.3) is 0 Å². The van der Waals surface area contributed by atoms with Gasteiger partial charge in [0.1, 0.15) is 5.41 Å². The molecule has 0 radical (unpaired) electrons. The minimum absolute atomic E-state index is 0.00965. The van der Waals surface area contributed by atoms with E-state index in [0.29, 0.717) is 12.8 Å². The van der Waals surface area contributed by atoms with E-state index in [1.165, 1.54) is 9.75 Å². The predicted octanol–water partition coefficient (Wildman–Crippen LogP) is 2.07. The molecule has 0 aliphatic heterocycles. The van der Waals surface area contributed by atoms with E-state index in [0.717, 1.165) is 5.56 Å². The zero-order valence-corrected chi connectivity index (χ0v) is 12.2. The van der Waals surface area contributed by atoms with Gasteiger partial charge in [0, 0.05) is 9.75 Å². The normalized spacial score (nSPS) is 19.0. The molecule has 0 saturated heterocycles. The average Bonchev–Trinajstić information content (AvgIpc) is 3.09. The lowest BCUT2D eigenvalue weighted by Gasteiger charge is -2.18. The number of rotatable bonds is 4. The van der Waals surface area contributed by atoms with Crippen molar-refractivity contribution < 1.29 is 10.0 Å². The molecular formula is C13H19N3O2S. The Bertz CT molecular complexity index is 532. The molecule has 1 unspecified atom stereocenters. The molecule has 1 aliphatic carbocycles. The van der Waals surface area contributed by atoms with Crippen LogP contribution in [0.1, 0.15) is 41.1 Å². The fourth-order valence-electron chi connectivity index (χ4n) is 2.31. The van der Waals surface area contributed by atoms with Crippen molar-refractivity contribution in [2.24, 2.45) is 16.3 Å². The van der Waals surface area contributed by atoms with E-state index in [1.54, 1.807) is 11.3 Å². The van der Waals surface area contributed by atoms with Crippen LogP contribution in [0.5, 0.6) is 0 Å². The summed E-state index contributed by atoms with van der Waals surface area (Å²) in [6.45, 7) is 6.05. The number of hydrogen-bond acceptors (Lipinski definition) is 4. The Morgan fingerprint density at radius 2 is 2.21 bits per heavy atom. The largest absolute Gasteiger partial charge is 0.409 e. The highest BCUT2D eigenvalue weighted by Gasteiger charge is 2.54. The first kappa shape index (κ1) is 13.9. The highest BCUT2D eigenvalue weighted by atomic mass is 32.1. The zero-order valence-electron chi connectivity index (χ0n) is 11.4. The summed E-state index contributed by atoms with van der Waals surface area (Å²) in [7, 11) is 0. The number of hydrogen-bond donors (Lipinski definition) is 3. The van der Waals surface area contributed by atoms with E-state index < -0.39 is 5.41 Å². The summed E-state index contributed by atoms with van der Waals surface area (Å²) in [5, 5.41) is 14.7. The van der Waals surface area contributed by atoms with E-state index in [-0.39, 0.29) is 17.8 Å². The van der Waals surface area contributed by atoms with Crippen molar-refractivity contribution in [3.63, 3.8) is 0 Å². The van der Waals surface area contributed by atoms with Crippen LogP contribution in [0.4, 0.5) is 0 Å². The second-order valence-corrected chi connectivity index (χ2v) is 6.59. The molecule has 1 aliphatic rings. The summed E-state index contributed by atoms with van der Waals surface area (Å²) >= 11 is 1.72. The predicted molar refractivity (Wildman–Crippen MR) is 75.4 cm³/mol. The van der Waals surface area contributed by atoms with Gasteiger partial charge in [0.25, 0.3) is 0 Å². The second-order valence-electron chi connectivity index (χ2n) is 5.13. The smallest absolute Gasteiger partial charge is 0.234 e. The van der Waals surface area contributed by atoms with Crippen LogP contribution in [0.15, 0.2) is 11.2 Å². The number of thiophene rings is 1. The topological polar surface area (TPSA) is 87.7 Å². The molecule has 1 saturated carbocycles. The lowest BCUT2D eigenvalue weighted by molar-refractivity contribution is -0.124. The molecule has 19 heavy (non-hydrogen) atoms. The highest BCUT2D eigenvalue weighted by Crippen LogP contribution is 2.46. The van der Waals surface area contributed by atoms with Gasteiger partial charge in [-0.1, -0.05) is 5.16 Å². The molecule has 104 valence electrons. The molecule has 4 N–H and O–H groups in total. The molecule has 1 aromatic rings. The van der Waals surface area contributed by atoms with Crippen molar-refractivity contribution in [2.75, 3.05) is 0 Å². The van der Waals surface area contributed by atoms with E-state index in [9.17, 15) is 4.79 Å². The molecule has 2 rings (SSSR count). The third kappa shape index (κ3) is 2.45. The molecule has 5 nitrogen and oxygen atoms in total. The first-order chi connectivity index (χ1) is 8.90. The molecule has 1 atom stereocenters. The van der Waals surface area contributed by atoms with E-state index >= 15 is 0 Å². The molecule has 1 fully saturated rings. The van der Waals surface area contributed by atoms with E-state index in [2.05, 4.69) is 23.5 Å². The molecule has 1 aromatic heterocycles. The van der Waals surface area contributed by atoms with E-state index in [1.807, 2.05) is 13.8 Å². The highest BCUT2D eigenvalue weighted by molar-refractivity contribution is 7.12. The van der Waals surface area contributed by atoms with Crippen molar-refractivity contribution in [3.05, 3.63) is 21.4 Å². The number of nitrogens with two attached hydrogens (primary N) is 1. The number of nitrogens with zero attached hydrogens (tertiary/aromatic N) is 1. The fraction of sp³-hybridized carbons (Fsp3) is 0.538. The van der Waals surface area contributed by atoms with Gasteiger partial charge < -0.3 is 16.3 Å². The summed E-state index contributed by atoms with van der Waals surface area (Å²) in [5.74, 6) is -0.144. The van der Waals surface area contributed by atoms with Gasteiger partial charge in [0.15, 0.2) is 5.84 Å². The Balaban J connectivity index is 2.10.